The maximum atomic E-state index is 12.2. The Labute approximate surface area is 170 Å². The molecular formula is C21H16ClN3O4. The van der Waals surface area contributed by atoms with Gasteiger partial charge >= 0.3 is 5.97 Å². The number of rotatable bonds is 4. The van der Waals surface area contributed by atoms with Crippen LogP contribution in [0.3, 0.4) is 0 Å². The quantitative estimate of drug-likeness (QED) is 0.337. The zero-order valence-corrected chi connectivity index (χ0v) is 16.0. The maximum absolute atomic E-state index is 12.2. The molecular weight excluding hydrogens is 394 g/mol. The van der Waals surface area contributed by atoms with Crippen molar-refractivity contribution in [2.75, 3.05) is 12.4 Å². The average Bonchev–Trinajstić information content (AvgIpc) is 3.07. The molecule has 2 heterocycles. The lowest BCUT2D eigenvalue weighted by molar-refractivity contribution is 0.0602. The van der Waals surface area contributed by atoms with E-state index in [9.17, 15) is 15.0 Å². The third-order valence-corrected chi connectivity index (χ3v) is 4.64. The number of hydrogen-bond acceptors (Lipinski definition) is 6. The fraction of sp³-hybridized carbons (Fsp3) is 0.0476. The van der Waals surface area contributed by atoms with Crippen LogP contribution < -0.4 is 5.32 Å². The third kappa shape index (κ3) is 3.43. The molecule has 0 fully saturated rings. The number of para-hydroxylation sites is 1. The molecule has 0 aliphatic carbocycles. The lowest BCUT2D eigenvalue weighted by Gasteiger charge is -2.12. The summed E-state index contributed by atoms with van der Waals surface area (Å²) in [5.74, 6) is -0.447. The number of pyridine rings is 1. The van der Waals surface area contributed by atoms with E-state index in [2.05, 4.69) is 10.3 Å². The van der Waals surface area contributed by atoms with Gasteiger partial charge in [-0.2, -0.15) is 0 Å². The monoisotopic (exact) mass is 409 g/mol. The number of hydrogen-bond donors (Lipinski definition) is 3. The second-order valence-corrected chi connectivity index (χ2v) is 6.69. The van der Waals surface area contributed by atoms with Gasteiger partial charge in [-0.25, -0.2) is 9.78 Å². The van der Waals surface area contributed by atoms with Crippen LogP contribution >= 0.6 is 11.6 Å². The number of esters is 1. The Morgan fingerprint density at radius 3 is 2.66 bits per heavy atom. The van der Waals surface area contributed by atoms with Gasteiger partial charge in [0, 0.05) is 11.8 Å². The number of carbonyl (C=O) groups excluding carboxylic acids is 1. The van der Waals surface area contributed by atoms with Gasteiger partial charge in [0.1, 0.15) is 17.2 Å². The van der Waals surface area contributed by atoms with Gasteiger partial charge in [0.15, 0.2) is 11.5 Å². The van der Waals surface area contributed by atoms with E-state index in [1.54, 1.807) is 53.1 Å². The van der Waals surface area contributed by atoms with Crippen LogP contribution in [0.5, 0.6) is 11.5 Å². The predicted octanol–water partition coefficient (Wildman–Crippen LogP) is 4.60. The van der Waals surface area contributed by atoms with Crippen molar-refractivity contribution in [2.45, 2.75) is 0 Å². The number of phenolic OH excluding ortho intramolecular Hbond substituents is 2. The first-order chi connectivity index (χ1) is 14.0. The number of aromatic hydroxyl groups is 2. The Kier molecular flexibility index (Phi) is 4.74. The van der Waals surface area contributed by atoms with Crippen LogP contribution in [-0.4, -0.2) is 32.7 Å². The first-order valence-electron chi connectivity index (χ1n) is 8.62. The number of phenols is 2. The highest BCUT2D eigenvalue weighted by atomic mass is 35.5. The number of anilines is 2. The Morgan fingerprint density at radius 1 is 1.10 bits per heavy atom. The van der Waals surface area contributed by atoms with Crippen LogP contribution in [0.4, 0.5) is 11.5 Å². The van der Waals surface area contributed by atoms with Gasteiger partial charge < -0.3 is 20.3 Å². The van der Waals surface area contributed by atoms with Gasteiger partial charge in [-0.05, 0) is 42.5 Å². The molecule has 146 valence electrons. The molecule has 29 heavy (non-hydrogen) atoms. The van der Waals surface area contributed by atoms with Crippen molar-refractivity contribution in [3.63, 3.8) is 0 Å². The van der Waals surface area contributed by atoms with Crippen LogP contribution in [0, 0.1) is 0 Å². The average molecular weight is 410 g/mol. The summed E-state index contributed by atoms with van der Waals surface area (Å²) in [6, 6.07) is 14.8. The van der Waals surface area contributed by atoms with Crippen LogP contribution in [-0.2, 0) is 4.74 Å². The zero-order chi connectivity index (χ0) is 20.5. The summed E-state index contributed by atoms with van der Waals surface area (Å²) in [5, 5.41) is 23.3. The van der Waals surface area contributed by atoms with Crippen molar-refractivity contribution >= 4 is 34.7 Å². The van der Waals surface area contributed by atoms with E-state index in [4.69, 9.17) is 16.3 Å². The molecule has 0 radical (unpaired) electrons. The van der Waals surface area contributed by atoms with Crippen LogP contribution in [0.1, 0.15) is 10.4 Å². The van der Waals surface area contributed by atoms with Crippen molar-refractivity contribution in [1.29, 1.82) is 0 Å². The minimum atomic E-state index is -0.483. The van der Waals surface area contributed by atoms with Gasteiger partial charge in [0.25, 0.3) is 0 Å². The summed E-state index contributed by atoms with van der Waals surface area (Å²) in [4.78, 5) is 16.8. The number of methoxy groups -OCH3 is 1. The Morgan fingerprint density at radius 2 is 1.90 bits per heavy atom. The van der Waals surface area contributed by atoms with Crippen LogP contribution in [0.25, 0.3) is 16.9 Å². The molecule has 0 bridgehead atoms. The van der Waals surface area contributed by atoms with E-state index in [-0.39, 0.29) is 11.5 Å². The van der Waals surface area contributed by atoms with Gasteiger partial charge in [-0.1, -0.05) is 23.7 Å². The van der Waals surface area contributed by atoms with E-state index in [0.29, 0.717) is 39.0 Å². The lowest BCUT2D eigenvalue weighted by atomic mass is 10.1. The van der Waals surface area contributed by atoms with E-state index in [0.717, 1.165) is 0 Å². The molecule has 8 heteroatoms. The molecule has 2 aromatic carbocycles. The van der Waals surface area contributed by atoms with E-state index < -0.39 is 5.97 Å². The third-order valence-electron chi connectivity index (χ3n) is 4.42. The molecule has 4 aromatic rings. The molecule has 0 atom stereocenters. The van der Waals surface area contributed by atoms with Crippen LogP contribution in [0.2, 0.25) is 5.02 Å². The molecule has 3 N–H and O–H groups in total. The molecule has 0 spiro atoms. The van der Waals surface area contributed by atoms with Crippen molar-refractivity contribution in [2.24, 2.45) is 0 Å². The molecule has 4 rings (SSSR count). The number of imidazole rings is 1. The number of fused-ring (bicyclic) bond motifs is 1. The highest BCUT2D eigenvalue weighted by molar-refractivity contribution is 6.30. The highest BCUT2D eigenvalue weighted by Gasteiger charge is 2.19. The first kappa shape index (κ1) is 18.6. The summed E-state index contributed by atoms with van der Waals surface area (Å²) < 4.78 is 6.61. The van der Waals surface area contributed by atoms with Gasteiger partial charge in [0.2, 0.25) is 0 Å². The summed E-state index contributed by atoms with van der Waals surface area (Å²) in [7, 11) is 1.32. The highest BCUT2D eigenvalue weighted by Crippen LogP contribution is 2.36. The number of nitrogens with one attached hydrogen (secondary N) is 1. The maximum Gasteiger partial charge on any atom is 0.339 e. The minimum absolute atomic E-state index is 0.230. The van der Waals surface area contributed by atoms with E-state index in [1.165, 1.54) is 19.2 Å². The summed E-state index contributed by atoms with van der Waals surface area (Å²) in [5.41, 5.74) is 2.55. The number of benzene rings is 2. The van der Waals surface area contributed by atoms with Gasteiger partial charge in [-0.3, -0.25) is 4.40 Å². The normalized spacial score (nSPS) is 10.8. The SMILES string of the molecule is COC(=O)c1ccccc1Nc1c(-c2ccc(O)c(O)c2)nc2ccc(Cl)cn12. The number of carbonyl (C=O) groups is 1. The second-order valence-electron chi connectivity index (χ2n) is 6.25. The second kappa shape index (κ2) is 7.37. The van der Waals surface area contributed by atoms with E-state index >= 15 is 0 Å². The smallest absolute Gasteiger partial charge is 0.339 e. The molecule has 0 amide bonds. The molecule has 0 aliphatic heterocycles. The fourth-order valence-corrected chi connectivity index (χ4v) is 3.18. The number of ether oxygens (including phenoxy) is 1. The van der Waals surface area contributed by atoms with E-state index in [1.807, 2.05) is 0 Å². The van der Waals surface area contributed by atoms with Crippen molar-refractivity contribution in [1.82, 2.24) is 9.38 Å². The largest absolute Gasteiger partial charge is 0.504 e. The molecule has 0 aliphatic rings. The molecule has 7 nitrogen and oxygen atoms in total. The molecule has 0 saturated carbocycles. The van der Waals surface area contributed by atoms with Crippen molar-refractivity contribution in [3.8, 4) is 22.8 Å². The standard InChI is InChI=1S/C21H16ClN3O4/c1-29-21(28)14-4-2-3-5-15(14)23-20-19(12-6-8-16(26)17(27)10-12)24-18-9-7-13(22)11-25(18)20/h2-11,23,26-27H,1H3. The lowest BCUT2D eigenvalue weighted by Crippen LogP contribution is -2.06. The Bertz CT molecular complexity index is 1240. The van der Waals surface area contributed by atoms with Crippen molar-refractivity contribution in [3.05, 3.63) is 71.4 Å². The Hall–Kier alpha value is -3.71. The minimum Gasteiger partial charge on any atom is -0.504 e. The number of nitrogens with zero attached hydrogens (tertiary/aromatic N) is 2. The Balaban J connectivity index is 1.92. The first-order valence-corrected chi connectivity index (χ1v) is 9.00. The molecule has 0 unspecified atom stereocenters. The topological polar surface area (TPSA) is 96.1 Å². The fourth-order valence-electron chi connectivity index (χ4n) is 3.02. The predicted molar refractivity (Wildman–Crippen MR) is 110 cm³/mol. The summed E-state index contributed by atoms with van der Waals surface area (Å²) in [6.45, 7) is 0. The summed E-state index contributed by atoms with van der Waals surface area (Å²) >= 11 is 6.18. The summed E-state index contributed by atoms with van der Waals surface area (Å²) in [6.07, 6.45) is 1.69. The molecule has 0 saturated heterocycles. The number of aromatic nitrogens is 2. The van der Waals surface area contributed by atoms with Crippen molar-refractivity contribution < 1.29 is 19.7 Å². The number of halogens is 1. The van der Waals surface area contributed by atoms with Gasteiger partial charge in [-0.15, -0.1) is 0 Å². The van der Waals surface area contributed by atoms with Gasteiger partial charge in [0.05, 0.1) is 23.4 Å². The molecule has 2 aromatic heterocycles. The van der Waals surface area contributed by atoms with Crippen LogP contribution in [0.15, 0.2) is 60.8 Å². The zero-order valence-electron chi connectivity index (χ0n) is 15.3.